The molecule has 20 nitrogen and oxygen atoms in total. The molecule has 6 fully saturated rings. The van der Waals surface area contributed by atoms with Gasteiger partial charge >= 0.3 is 0 Å². The maximum absolute atomic E-state index is 12.6. The Morgan fingerprint density at radius 2 is 0.782 bits per heavy atom. The van der Waals surface area contributed by atoms with Crippen LogP contribution >= 0.6 is 46.4 Å². The molecule has 16 rings (SSSR count). The third kappa shape index (κ3) is 27.0. The van der Waals surface area contributed by atoms with Gasteiger partial charge in [-0.2, -0.15) is 0 Å². The molecule has 0 saturated carbocycles. The number of nitrogens with one attached hydrogen (secondary N) is 7. The number of pyridine rings is 6. The van der Waals surface area contributed by atoms with E-state index in [1.807, 2.05) is 115 Å². The van der Waals surface area contributed by atoms with Gasteiger partial charge in [0.25, 0.3) is 0 Å². The number of rotatable bonds is 28. The van der Waals surface area contributed by atoms with E-state index in [9.17, 15) is 19.2 Å². The van der Waals surface area contributed by atoms with Crippen molar-refractivity contribution in [3.8, 4) is 44.5 Å². The predicted molar refractivity (Wildman–Crippen MR) is 477 cm³/mol. The van der Waals surface area contributed by atoms with E-state index >= 15 is 0 Å². The van der Waals surface area contributed by atoms with Crippen molar-refractivity contribution in [2.45, 2.75) is 122 Å². The molecule has 622 valence electrons. The number of nitrogens with zero attached hydrogens (tertiary/aromatic N) is 6. The Morgan fingerprint density at radius 3 is 1.18 bits per heavy atom. The van der Waals surface area contributed by atoms with Gasteiger partial charge in [-0.25, -0.2) is 0 Å². The molecule has 0 aliphatic carbocycles. The summed E-state index contributed by atoms with van der Waals surface area (Å²) in [6.45, 7) is 12.4. The molecule has 6 aromatic heterocycles. The first kappa shape index (κ1) is 87.4. The lowest BCUT2D eigenvalue weighted by molar-refractivity contribution is -0.126. The van der Waals surface area contributed by atoms with E-state index in [1.165, 1.54) is 0 Å². The lowest BCUT2D eigenvalue weighted by Crippen LogP contribution is -2.35. The molecular weight excluding hydrogens is 1580 g/mol. The molecule has 119 heavy (non-hydrogen) atoms. The van der Waals surface area contributed by atoms with Gasteiger partial charge < -0.3 is 51.4 Å². The van der Waals surface area contributed by atoms with Crippen LogP contribution in [0.1, 0.15) is 111 Å². The summed E-state index contributed by atoms with van der Waals surface area (Å²) in [5.41, 5.74) is 17.0. The first-order valence-corrected chi connectivity index (χ1v) is 43.5. The molecule has 1 unspecified atom stereocenters. The fraction of sp³-hybridized carbons (Fsp3) is 0.389. The van der Waals surface area contributed by atoms with Gasteiger partial charge in [0.1, 0.15) is 17.3 Å². The van der Waals surface area contributed by atoms with Crippen LogP contribution in [0.4, 0.5) is 22.7 Å². The second-order valence-corrected chi connectivity index (χ2v) is 33.1. The molecule has 24 heteroatoms. The van der Waals surface area contributed by atoms with Crippen molar-refractivity contribution in [1.29, 1.82) is 0 Å². The van der Waals surface area contributed by atoms with Gasteiger partial charge in [0.05, 0.1) is 51.4 Å². The highest BCUT2D eigenvalue weighted by atomic mass is 35.5. The van der Waals surface area contributed by atoms with Crippen molar-refractivity contribution >= 4 is 92.3 Å². The molecule has 0 spiro atoms. The Hall–Kier alpha value is -9.42. The second kappa shape index (κ2) is 45.8. The number of carbonyl (C=O) groups is 4. The van der Waals surface area contributed by atoms with Crippen LogP contribution in [0.25, 0.3) is 44.5 Å². The number of halogens is 4. The zero-order valence-electron chi connectivity index (χ0n) is 67.4. The average molecular weight is 1680 g/mol. The molecule has 0 amide bonds. The maximum Gasteiger partial charge on any atom is 0.155 e. The first-order valence-electron chi connectivity index (χ1n) is 42.0. The zero-order valence-corrected chi connectivity index (χ0v) is 70.4. The van der Waals surface area contributed by atoms with E-state index in [0.717, 1.165) is 257 Å². The van der Waals surface area contributed by atoms with E-state index < -0.39 is 0 Å². The molecule has 6 aliphatic heterocycles. The van der Waals surface area contributed by atoms with E-state index in [0.29, 0.717) is 77.3 Å². The maximum atomic E-state index is 12.6. The SMILES string of the molecule is O=C(Cc1cc(-c2cccc(NCC3CCOCC3)c2)c(Cl)cn1)C1CCCOC1.O=C(Cc1cc(-c2cccc(NCC3CCOCC3)c2)c(Cl)cn1)[C@@H]1CCCN1.O=C(Cc1cc(-c2cccc(NCc3ccccn3)c2)c(Cl)cn1)[C@@H]1CCCNC1.O=C(Cc1cc(-c2cccc(NCc3ccncc3)c2)c(Cl)cn1)[C@@H]1CCCNC1. The lowest BCUT2D eigenvalue weighted by atomic mass is 9.92. The fourth-order valence-electron chi connectivity index (χ4n) is 15.7. The highest BCUT2D eigenvalue weighted by Crippen LogP contribution is 2.36. The standard InChI is InChI=1S/2C24H25ClN4O.C24H29ClN2O3.C23H28ClN3O2/c25-23-16-29-21(13-24(30)19-4-2-8-27-15-19)12-22(23)18-3-1-5-20(11-18)28-14-17-6-9-26-10-7-17;25-23-16-29-21(13-24(30)18-6-4-9-26-14-18)12-22(23)17-5-3-8-19(11-17)28-15-20-7-1-2-10-27-20;25-23-15-27-21(13-24(28)19-4-2-8-30-16-19)12-22(23)18-3-1-5-20(11-18)26-14-17-6-9-29-10-7-17;24-21-15-27-19(13-23(28)22-5-2-8-25-22)12-20(21)17-3-1-4-18(11-17)26-14-16-6-9-29-10-7-16/h1,3,5-7,9-12,16,19,27-28H,2,4,8,13-15H2;1-3,5,7-8,10-12,16,18,26,28H,4,6,9,13-15H2;1,3,5,11-12,15,17,19,26H,2,4,6-10,13-14,16H2;1,3-4,11-12,15-16,22,25-26H,2,5-10,13-14H2/t19-;18-;;22-/m11.0/s1. The van der Waals surface area contributed by atoms with Gasteiger partial charge in [-0.3, -0.25) is 49.1 Å². The first-order chi connectivity index (χ1) is 58.2. The Labute approximate surface area is 718 Å². The van der Waals surface area contributed by atoms with Gasteiger partial charge in [-0.1, -0.05) is 101 Å². The Bertz CT molecular complexity index is 4770. The van der Waals surface area contributed by atoms with Crippen LogP contribution in [-0.4, -0.2) is 145 Å². The Balaban J connectivity index is 0.000000137. The number of ketones is 4. The Kier molecular flexibility index (Phi) is 33.7. The molecule has 4 atom stereocenters. The van der Waals surface area contributed by atoms with Crippen LogP contribution < -0.4 is 37.2 Å². The van der Waals surface area contributed by atoms with Gasteiger partial charge in [0.15, 0.2) is 5.78 Å². The van der Waals surface area contributed by atoms with E-state index in [1.54, 1.807) is 43.4 Å². The molecule has 4 aromatic carbocycles. The fourth-order valence-corrected chi connectivity index (χ4v) is 16.5. The second-order valence-electron chi connectivity index (χ2n) is 31.4. The van der Waals surface area contributed by atoms with Crippen molar-refractivity contribution in [3.63, 3.8) is 0 Å². The van der Waals surface area contributed by atoms with E-state index in [4.69, 9.17) is 60.6 Å². The molecule has 0 bridgehead atoms. The smallest absolute Gasteiger partial charge is 0.155 e. The summed E-state index contributed by atoms with van der Waals surface area (Å²) in [6.07, 6.45) is 25.6. The molecule has 10 aromatic rings. The lowest BCUT2D eigenvalue weighted by Gasteiger charge is -2.22. The minimum atomic E-state index is -0.0337. The molecule has 6 saturated heterocycles. The number of anilines is 4. The van der Waals surface area contributed by atoms with Crippen molar-refractivity contribution in [2.75, 3.05) is 107 Å². The summed E-state index contributed by atoms with van der Waals surface area (Å²) in [5, 5.41) is 26.2. The normalized spacial score (nSPS) is 18.1. The predicted octanol–water partition coefficient (Wildman–Crippen LogP) is 17.9. The summed E-state index contributed by atoms with van der Waals surface area (Å²) in [6, 6.07) is 50.3. The minimum Gasteiger partial charge on any atom is -0.385 e. The monoisotopic (exact) mass is 1680 g/mol. The molecule has 0 radical (unpaired) electrons. The van der Waals surface area contributed by atoms with Crippen LogP contribution in [-0.2, 0) is 72.2 Å². The van der Waals surface area contributed by atoms with Crippen LogP contribution in [0.3, 0.4) is 0 Å². The molecule has 7 N–H and O–H groups in total. The quantitative estimate of drug-likeness (QED) is 0.0240. The number of hydrogen-bond donors (Lipinski definition) is 7. The molecular formula is C95H107Cl4N13O7. The Morgan fingerprint density at radius 1 is 0.370 bits per heavy atom. The van der Waals surface area contributed by atoms with Crippen LogP contribution in [0.5, 0.6) is 0 Å². The topological polar surface area (TPSA) is 258 Å². The average Bonchev–Trinajstić information content (AvgIpc) is 1.38. The van der Waals surface area contributed by atoms with E-state index in [-0.39, 0.29) is 46.9 Å². The summed E-state index contributed by atoms with van der Waals surface area (Å²) in [5.74, 6) is 2.34. The van der Waals surface area contributed by atoms with Gasteiger partial charge in [0.2, 0.25) is 0 Å². The minimum absolute atomic E-state index is 0.0163. The number of piperidine rings is 2. The van der Waals surface area contributed by atoms with Crippen LogP contribution in [0.2, 0.25) is 20.1 Å². The summed E-state index contributed by atoms with van der Waals surface area (Å²) in [4.78, 5) is 76.4. The molecule has 12 heterocycles. The summed E-state index contributed by atoms with van der Waals surface area (Å²) >= 11 is 25.8. The highest BCUT2D eigenvalue weighted by molar-refractivity contribution is 6.34. The number of carbonyl (C=O) groups excluding carboxylic acids is 4. The van der Waals surface area contributed by atoms with Crippen molar-refractivity contribution in [1.82, 2.24) is 45.9 Å². The number of aromatic nitrogens is 6. The molecule has 6 aliphatic rings. The van der Waals surface area contributed by atoms with Gasteiger partial charge in [0, 0.05) is 214 Å². The number of benzene rings is 4. The third-order valence-corrected chi connectivity index (χ3v) is 23.9. The number of Topliss-reactive ketones (excluding diaryl/α,β-unsaturated/α-hetero) is 4. The third-order valence-electron chi connectivity index (χ3n) is 22.6. The largest absolute Gasteiger partial charge is 0.385 e. The van der Waals surface area contributed by atoms with Crippen LogP contribution in [0.15, 0.2) is 195 Å². The van der Waals surface area contributed by atoms with Crippen LogP contribution in [0, 0.1) is 29.6 Å². The number of hydrogen-bond acceptors (Lipinski definition) is 20. The zero-order chi connectivity index (χ0) is 82.3. The number of ether oxygens (including phenoxy) is 3. The van der Waals surface area contributed by atoms with Crippen molar-refractivity contribution in [3.05, 3.63) is 249 Å². The van der Waals surface area contributed by atoms with Gasteiger partial charge in [-0.15, -0.1) is 0 Å². The van der Waals surface area contributed by atoms with E-state index in [2.05, 4.69) is 104 Å². The summed E-state index contributed by atoms with van der Waals surface area (Å²) < 4.78 is 16.3. The highest BCUT2D eigenvalue weighted by Gasteiger charge is 2.28. The van der Waals surface area contributed by atoms with Crippen molar-refractivity contribution < 1.29 is 33.4 Å². The van der Waals surface area contributed by atoms with Crippen molar-refractivity contribution in [2.24, 2.45) is 29.6 Å². The summed E-state index contributed by atoms with van der Waals surface area (Å²) in [7, 11) is 0. The van der Waals surface area contributed by atoms with Gasteiger partial charge in [-0.05, 0) is 233 Å².